The Morgan fingerprint density at radius 3 is 2.35 bits per heavy atom. The lowest BCUT2D eigenvalue weighted by Gasteiger charge is -2.28. The number of nitrogens with zero attached hydrogens (tertiary/aromatic N) is 1. The van der Waals surface area contributed by atoms with E-state index in [0.29, 0.717) is 4.90 Å². The predicted octanol–water partition coefficient (Wildman–Crippen LogP) is 2.04. The van der Waals surface area contributed by atoms with Crippen LogP contribution < -0.4 is 10.2 Å². The van der Waals surface area contributed by atoms with Crippen LogP contribution in [0.25, 0.3) is 0 Å². The summed E-state index contributed by atoms with van der Waals surface area (Å²) >= 11 is 0. The van der Waals surface area contributed by atoms with Crippen LogP contribution in [0.3, 0.4) is 0 Å². The molecule has 1 atom stereocenters. The molecule has 1 aliphatic heterocycles. The molecule has 1 aliphatic rings. The molecule has 0 bridgehead atoms. The van der Waals surface area contributed by atoms with Crippen molar-refractivity contribution in [3.05, 3.63) is 30.3 Å². The van der Waals surface area contributed by atoms with Crippen molar-refractivity contribution in [2.75, 3.05) is 11.5 Å². The van der Waals surface area contributed by atoms with Gasteiger partial charge in [0.1, 0.15) is 0 Å². The normalized spacial score (nSPS) is 23.1. The van der Waals surface area contributed by atoms with E-state index in [-0.39, 0.29) is 12.3 Å². The van der Waals surface area contributed by atoms with Crippen molar-refractivity contribution in [3.63, 3.8) is 0 Å². The van der Waals surface area contributed by atoms with Crippen molar-refractivity contribution in [2.24, 2.45) is 0 Å². The van der Waals surface area contributed by atoms with Gasteiger partial charge in [0.15, 0.2) is 0 Å². The highest BCUT2D eigenvalue weighted by molar-refractivity contribution is 6.23. The van der Waals surface area contributed by atoms with E-state index in [0.717, 1.165) is 0 Å². The van der Waals surface area contributed by atoms with Crippen LogP contribution in [0.5, 0.6) is 0 Å². The Morgan fingerprint density at radius 2 is 1.85 bits per heavy atom. The molecule has 2 rings (SSSR count). The molecule has 0 spiro atoms. The van der Waals surface area contributed by atoms with Gasteiger partial charge >= 0.3 is 17.9 Å². The number of carbonyl (C=O) groups is 2. The van der Waals surface area contributed by atoms with Gasteiger partial charge < -0.3 is 4.74 Å². The molecule has 108 valence electrons. The minimum Gasteiger partial charge on any atom is -0.340 e. The molecule has 8 heteroatoms. The Morgan fingerprint density at radius 1 is 1.25 bits per heavy atom. The molecule has 0 aromatic heterocycles. The van der Waals surface area contributed by atoms with Crippen LogP contribution in [-0.4, -0.2) is 30.4 Å². The van der Waals surface area contributed by atoms with Gasteiger partial charge in [-0.3, -0.25) is 10.1 Å². The van der Waals surface area contributed by atoms with Crippen molar-refractivity contribution in [1.82, 2.24) is 5.32 Å². The molecule has 0 saturated carbocycles. The summed E-state index contributed by atoms with van der Waals surface area (Å²) in [6, 6.07) is 6.16. The first-order valence-electron chi connectivity index (χ1n) is 5.76. The van der Waals surface area contributed by atoms with Gasteiger partial charge in [-0.1, -0.05) is 18.2 Å². The lowest BCUT2D eigenvalue weighted by molar-refractivity contribution is -0.267. The zero-order valence-corrected chi connectivity index (χ0v) is 10.4. The van der Waals surface area contributed by atoms with E-state index >= 15 is 0 Å². The maximum absolute atomic E-state index is 13.1. The predicted molar refractivity (Wildman–Crippen MR) is 62.9 cm³/mol. The number of urea groups is 1. The Kier molecular flexibility index (Phi) is 3.43. The van der Waals surface area contributed by atoms with Gasteiger partial charge in [0.05, 0.1) is 5.69 Å². The van der Waals surface area contributed by atoms with E-state index in [1.807, 2.05) is 0 Å². The molecular formula is C12H11F3N2O3. The number of amides is 3. The number of halogens is 3. The van der Waals surface area contributed by atoms with Gasteiger partial charge in [0, 0.05) is 6.61 Å². The average Bonchev–Trinajstić information content (AvgIpc) is 2.63. The molecule has 0 radical (unpaired) electrons. The van der Waals surface area contributed by atoms with Crippen LogP contribution in [0.1, 0.15) is 6.92 Å². The smallest absolute Gasteiger partial charge is 0.340 e. The van der Waals surface area contributed by atoms with Gasteiger partial charge in [0.25, 0.3) is 5.91 Å². The molecule has 0 aliphatic carbocycles. The standard InChI is InChI=1S/C12H11F3N2O3/c1-2-20-11(12(13,14)15)9(18)17(10(19)16-11)8-6-4-3-5-7-8/h3-7H,2H2,1H3,(H,16,19)/t11-/m0/s1. The Labute approximate surface area is 112 Å². The maximum atomic E-state index is 13.1. The summed E-state index contributed by atoms with van der Waals surface area (Å²) in [4.78, 5) is 24.2. The highest BCUT2D eigenvalue weighted by Gasteiger charge is 2.69. The SMILES string of the molecule is CCO[C@@]1(C(F)(F)F)NC(=O)N(c2ccccc2)C1=O. The first kappa shape index (κ1) is 14.3. The quantitative estimate of drug-likeness (QED) is 0.866. The number of alkyl halides is 3. The molecule has 1 fully saturated rings. The molecule has 1 N–H and O–H groups in total. The van der Waals surface area contributed by atoms with Gasteiger partial charge in [-0.05, 0) is 19.1 Å². The second-order valence-corrected chi connectivity index (χ2v) is 4.02. The summed E-state index contributed by atoms with van der Waals surface area (Å²) in [5.74, 6) is -1.50. The van der Waals surface area contributed by atoms with Crippen LogP contribution in [0, 0.1) is 0 Å². The monoisotopic (exact) mass is 288 g/mol. The Bertz CT molecular complexity index is 532. The minimum atomic E-state index is -5.06. The number of nitrogens with one attached hydrogen (secondary N) is 1. The fraction of sp³-hybridized carbons (Fsp3) is 0.333. The number of anilines is 1. The molecule has 1 aromatic carbocycles. The van der Waals surface area contributed by atoms with Crippen molar-refractivity contribution in [2.45, 2.75) is 18.8 Å². The zero-order valence-electron chi connectivity index (χ0n) is 10.4. The Balaban J connectivity index is 2.46. The van der Waals surface area contributed by atoms with Crippen LogP contribution >= 0.6 is 0 Å². The number of benzene rings is 1. The molecule has 20 heavy (non-hydrogen) atoms. The third-order valence-electron chi connectivity index (χ3n) is 2.76. The van der Waals surface area contributed by atoms with E-state index in [4.69, 9.17) is 0 Å². The number of para-hydroxylation sites is 1. The van der Waals surface area contributed by atoms with Gasteiger partial charge in [-0.25, -0.2) is 9.69 Å². The lowest BCUT2D eigenvalue weighted by atomic mass is 10.2. The number of hydrogen-bond acceptors (Lipinski definition) is 3. The van der Waals surface area contributed by atoms with E-state index in [2.05, 4.69) is 4.74 Å². The fourth-order valence-electron chi connectivity index (χ4n) is 1.91. The van der Waals surface area contributed by atoms with E-state index < -0.39 is 23.8 Å². The Hall–Kier alpha value is -2.09. The van der Waals surface area contributed by atoms with E-state index in [9.17, 15) is 22.8 Å². The van der Waals surface area contributed by atoms with Crippen LogP contribution in [0.2, 0.25) is 0 Å². The average molecular weight is 288 g/mol. The van der Waals surface area contributed by atoms with Crippen LogP contribution in [-0.2, 0) is 9.53 Å². The lowest BCUT2D eigenvalue weighted by Crippen LogP contribution is -2.60. The highest BCUT2D eigenvalue weighted by atomic mass is 19.4. The summed E-state index contributed by atoms with van der Waals surface area (Å²) in [6.07, 6.45) is -5.06. The van der Waals surface area contributed by atoms with Gasteiger partial charge in [0.2, 0.25) is 0 Å². The van der Waals surface area contributed by atoms with E-state index in [1.165, 1.54) is 31.2 Å². The van der Waals surface area contributed by atoms with Gasteiger partial charge in [-0.15, -0.1) is 0 Å². The summed E-state index contributed by atoms with van der Waals surface area (Å²) in [7, 11) is 0. The van der Waals surface area contributed by atoms with Crippen molar-refractivity contribution >= 4 is 17.6 Å². The second-order valence-electron chi connectivity index (χ2n) is 4.02. The number of imide groups is 1. The van der Waals surface area contributed by atoms with Crippen LogP contribution in [0.15, 0.2) is 30.3 Å². The molecular weight excluding hydrogens is 277 g/mol. The third-order valence-corrected chi connectivity index (χ3v) is 2.76. The second kappa shape index (κ2) is 4.78. The molecule has 1 heterocycles. The third kappa shape index (κ3) is 2.01. The highest BCUT2D eigenvalue weighted by Crippen LogP contribution is 2.38. The summed E-state index contributed by atoms with van der Waals surface area (Å²) in [5, 5.41) is 1.60. The maximum Gasteiger partial charge on any atom is 0.446 e. The van der Waals surface area contributed by atoms with Gasteiger partial charge in [-0.2, -0.15) is 13.2 Å². The number of ether oxygens (including phenoxy) is 1. The minimum absolute atomic E-state index is 0.0424. The summed E-state index contributed by atoms with van der Waals surface area (Å²) in [5.41, 5.74) is -3.28. The largest absolute Gasteiger partial charge is 0.446 e. The van der Waals surface area contributed by atoms with Crippen molar-refractivity contribution < 1.29 is 27.5 Å². The molecule has 1 saturated heterocycles. The molecule has 0 unspecified atom stereocenters. The number of rotatable bonds is 3. The fourth-order valence-corrected chi connectivity index (χ4v) is 1.91. The van der Waals surface area contributed by atoms with Crippen LogP contribution in [0.4, 0.5) is 23.7 Å². The van der Waals surface area contributed by atoms with Crippen molar-refractivity contribution in [3.8, 4) is 0 Å². The van der Waals surface area contributed by atoms with E-state index in [1.54, 1.807) is 11.4 Å². The first-order valence-corrected chi connectivity index (χ1v) is 5.76. The number of carbonyl (C=O) groups excluding carboxylic acids is 2. The van der Waals surface area contributed by atoms with Crippen molar-refractivity contribution in [1.29, 1.82) is 0 Å². The summed E-state index contributed by atoms with van der Waals surface area (Å²) in [6.45, 7) is 0.923. The topological polar surface area (TPSA) is 58.6 Å². The number of hydrogen-bond donors (Lipinski definition) is 1. The first-order chi connectivity index (χ1) is 9.33. The summed E-state index contributed by atoms with van der Waals surface area (Å²) < 4.78 is 43.9. The zero-order chi connectivity index (χ0) is 15.0. The molecule has 5 nitrogen and oxygen atoms in total. The molecule has 3 amide bonds. The molecule has 1 aromatic rings.